The Balaban J connectivity index is 2.96. The Hall–Kier alpha value is -1.69. The standard InChI is InChI=1S/C16H26N2O4/c1-7-9-16(5,8-2)18(15-11(3)22-15)14(21)10-13(20)17(6)12(4)19/h7,9,11,15H,8,10H2,1-6H3/b9-7+. The van der Waals surface area contributed by atoms with Crippen molar-refractivity contribution in [3.05, 3.63) is 12.2 Å². The number of nitrogens with zero attached hydrogens (tertiary/aromatic N) is 2. The summed E-state index contributed by atoms with van der Waals surface area (Å²) in [4.78, 5) is 38.5. The van der Waals surface area contributed by atoms with Crippen LogP contribution in [0.1, 0.15) is 47.5 Å². The van der Waals surface area contributed by atoms with Gasteiger partial charge in [0.05, 0.1) is 5.54 Å². The van der Waals surface area contributed by atoms with Gasteiger partial charge in [-0.25, -0.2) is 0 Å². The van der Waals surface area contributed by atoms with E-state index in [-0.39, 0.29) is 30.6 Å². The van der Waals surface area contributed by atoms with E-state index in [4.69, 9.17) is 4.74 Å². The summed E-state index contributed by atoms with van der Waals surface area (Å²) in [5.41, 5.74) is -0.518. The van der Waals surface area contributed by atoms with Gasteiger partial charge in [-0.05, 0) is 27.2 Å². The first-order valence-corrected chi connectivity index (χ1v) is 7.56. The van der Waals surface area contributed by atoms with Crippen LogP contribution in [0.3, 0.4) is 0 Å². The van der Waals surface area contributed by atoms with Crippen LogP contribution in [-0.4, -0.2) is 52.4 Å². The summed E-state index contributed by atoms with van der Waals surface area (Å²) in [6.07, 6.45) is 3.84. The van der Waals surface area contributed by atoms with Crippen LogP contribution in [0.4, 0.5) is 0 Å². The number of hydrogen-bond donors (Lipinski definition) is 0. The van der Waals surface area contributed by atoms with E-state index in [2.05, 4.69) is 0 Å². The predicted molar refractivity (Wildman–Crippen MR) is 82.8 cm³/mol. The topological polar surface area (TPSA) is 70.2 Å². The van der Waals surface area contributed by atoms with E-state index < -0.39 is 11.4 Å². The lowest BCUT2D eigenvalue weighted by molar-refractivity contribution is -0.147. The van der Waals surface area contributed by atoms with Crippen molar-refractivity contribution in [1.82, 2.24) is 9.80 Å². The minimum atomic E-state index is -0.518. The smallest absolute Gasteiger partial charge is 0.238 e. The Kier molecular flexibility index (Phi) is 5.88. The first kappa shape index (κ1) is 18.4. The molecule has 3 amide bonds. The summed E-state index contributed by atoms with van der Waals surface area (Å²) in [7, 11) is 1.38. The number of epoxide rings is 1. The molecule has 0 aromatic rings. The minimum Gasteiger partial charge on any atom is -0.348 e. The van der Waals surface area contributed by atoms with Crippen LogP contribution >= 0.6 is 0 Å². The predicted octanol–water partition coefficient (Wildman–Crippen LogP) is 1.70. The van der Waals surface area contributed by atoms with Gasteiger partial charge in [0, 0.05) is 14.0 Å². The molecule has 22 heavy (non-hydrogen) atoms. The van der Waals surface area contributed by atoms with E-state index in [0.29, 0.717) is 6.42 Å². The molecule has 6 heteroatoms. The molecule has 0 bridgehead atoms. The van der Waals surface area contributed by atoms with Crippen LogP contribution in [0, 0.1) is 0 Å². The van der Waals surface area contributed by atoms with Gasteiger partial charge in [-0.1, -0.05) is 19.1 Å². The molecule has 1 heterocycles. The number of allylic oxidation sites excluding steroid dienone is 1. The van der Waals surface area contributed by atoms with Crippen LogP contribution in [0.25, 0.3) is 0 Å². The largest absolute Gasteiger partial charge is 0.348 e. The summed E-state index contributed by atoms with van der Waals surface area (Å²) < 4.78 is 5.46. The van der Waals surface area contributed by atoms with Crippen LogP contribution in [-0.2, 0) is 19.1 Å². The number of carbonyl (C=O) groups excluding carboxylic acids is 3. The van der Waals surface area contributed by atoms with Gasteiger partial charge in [-0.3, -0.25) is 19.3 Å². The molecule has 0 aromatic heterocycles. The summed E-state index contributed by atoms with van der Waals surface area (Å²) in [6, 6.07) is 0. The molecule has 0 aromatic carbocycles. The van der Waals surface area contributed by atoms with Gasteiger partial charge in [0.2, 0.25) is 17.7 Å². The normalized spacial score (nSPS) is 23.0. The minimum absolute atomic E-state index is 0.0410. The highest BCUT2D eigenvalue weighted by Crippen LogP contribution is 2.35. The molecular weight excluding hydrogens is 284 g/mol. The lowest BCUT2D eigenvalue weighted by Crippen LogP contribution is -2.51. The molecule has 6 nitrogen and oxygen atoms in total. The third-order valence-corrected chi connectivity index (χ3v) is 4.14. The third kappa shape index (κ3) is 3.94. The highest BCUT2D eigenvalue weighted by Gasteiger charge is 2.49. The number of rotatable bonds is 6. The third-order valence-electron chi connectivity index (χ3n) is 4.14. The van der Waals surface area contributed by atoms with Gasteiger partial charge < -0.3 is 9.64 Å². The average Bonchev–Trinajstić information content (AvgIpc) is 3.14. The lowest BCUT2D eigenvalue weighted by atomic mass is 9.94. The zero-order valence-electron chi connectivity index (χ0n) is 14.3. The number of hydrogen-bond acceptors (Lipinski definition) is 4. The van der Waals surface area contributed by atoms with Crippen LogP contribution in [0.15, 0.2) is 12.2 Å². The molecule has 0 aliphatic carbocycles. The highest BCUT2D eigenvalue weighted by atomic mass is 16.6. The van der Waals surface area contributed by atoms with Gasteiger partial charge in [0.1, 0.15) is 12.5 Å². The van der Waals surface area contributed by atoms with Crippen molar-refractivity contribution in [3.8, 4) is 0 Å². The van der Waals surface area contributed by atoms with Crippen molar-refractivity contribution in [2.45, 2.75) is 65.3 Å². The van der Waals surface area contributed by atoms with Crippen molar-refractivity contribution in [2.75, 3.05) is 7.05 Å². The van der Waals surface area contributed by atoms with Crippen molar-refractivity contribution >= 4 is 17.7 Å². The van der Waals surface area contributed by atoms with Gasteiger partial charge in [-0.2, -0.15) is 0 Å². The molecule has 3 unspecified atom stereocenters. The molecule has 1 fully saturated rings. The molecule has 1 aliphatic heterocycles. The SMILES string of the molecule is C/C=C/C(C)(CC)N(C(=O)CC(=O)N(C)C(C)=O)C1OC1C. The van der Waals surface area contributed by atoms with Crippen LogP contribution in [0.5, 0.6) is 0 Å². The second-order valence-corrected chi connectivity index (χ2v) is 5.85. The van der Waals surface area contributed by atoms with Gasteiger partial charge in [0.25, 0.3) is 0 Å². The zero-order valence-corrected chi connectivity index (χ0v) is 14.3. The number of amides is 3. The Morgan fingerprint density at radius 2 is 1.82 bits per heavy atom. The lowest BCUT2D eigenvalue weighted by Gasteiger charge is -2.38. The maximum Gasteiger partial charge on any atom is 0.238 e. The molecule has 1 rings (SSSR count). The Labute approximate surface area is 132 Å². The molecule has 1 saturated heterocycles. The number of ether oxygens (including phenoxy) is 1. The monoisotopic (exact) mass is 310 g/mol. The van der Waals surface area contributed by atoms with Gasteiger partial charge in [0.15, 0.2) is 6.23 Å². The quantitative estimate of drug-likeness (QED) is 0.425. The Bertz CT molecular complexity index is 489. The number of carbonyl (C=O) groups is 3. The molecule has 0 saturated carbocycles. The second-order valence-electron chi connectivity index (χ2n) is 5.85. The summed E-state index contributed by atoms with van der Waals surface area (Å²) in [5.74, 6) is -1.21. The maximum absolute atomic E-state index is 12.6. The number of imide groups is 1. The van der Waals surface area contributed by atoms with Crippen LogP contribution < -0.4 is 0 Å². The van der Waals surface area contributed by atoms with Crippen molar-refractivity contribution in [1.29, 1.82) is 0 Å². The van der Waals surface area contributed by atoms with Gasteiger partial charge in [-0.15, -0.1) is 0 Å². The van der Waals surface area contributed by atoms with E-state index >= 15 is 0 Å². The Morgan fingerprint density at radius 1 is 1.27 bits per heavy atom. The second kappa shape index (κ2) is 7.05. The van der Waals surface area contributed by atoms with E-state index in [1.54, 1.807) is 4.90 Å². The fraction of sp³-hybridized carbons (Fsp3) is 0.688. The summed E-state index contributed by atoms with van der Waals surface area (Å²) >= 11 is 0. The fourth-order valence-corrected chi connectivity index (χ4v) is 2.40. The summed E-state index contributed by atoms with van der Waals surface area (Å²) in [5, 5.41) is 0. The Morgan fingerprint density at radius 3 is 2.18 bits per heavy atom. The molecule has 0 N–H and O–H groups in total. The molecule has 0 radical (unpaired) electrons. The zero-order chi connectivity index (χ0) is 17.1. The van der Waals surface area contributed by atoms with E-state index in [0.717, 1.165) is 4.90 Å². The maximum atomic E-state index is 12.6. The van der Waals surface area contributed by atoms with Crippen molar-refractivity contribution in [2.24, 2.45) is 0 Å². The van der Waals surface area contributed by atoms with Crippen LogP contribution in [0.2, 0.25) is 0 Å². The van der Waals surface area contributed by atoms with Crippen molar-refractivity contribution in [3.63, 3.8) is 0 Å². The van der Waals surface area contributed by atoms with Crippen molar-refractivity contribution < 1.29 is 19.1 Å². The fourth-order valence-electron chi connectivity index (χ4n) is 2.40. The first-order valence-electron chi connectivity index (χ1n) is 7.56. The highest BCUT2D eigenvalue weighted by molar-refractivity contribution is 6.03. The summed E-state index contributed by atoms with van der Waals surface area (Å²) in [6.45, 7) is 9.00. The van der Waals surface area contributed by atoms with Gasteiger partial charge >= 0.3 is 0 Å². The molecular formula is C16H26N2O4. The van der Waals surface area contributed by atoms with E-state index in [1.165, 1.54) is 14.0 Å². The molecule has 0 spiro atoms. The van der Waals surface area contributed by atoms with E-state index in [9.17, 15) is 14.4 Å². The average molecular weight is 310 g/mol. The molecule has 124 valence electrons. The molecule has 3 atom stereocenters. The molecule has 1 aliphatic rings. The van der Waals surface area contributed by atoms with E-state index in [1.807, 2.05) is 39.8 Å². The first-order chi connectivity index (χ1) is 10.2.